The Bertz CT molecular complexity index is 1000. The van der Waals surface area contributed by atoms with Crippen LogP contribution in [0, 0.1) is 5.92 Å². The van der Waals surface area contributed by atoms with Crippen molar-refractivity contribution in [1.29, 1.82) is 0 Å². The van der Waals surface area contributed by atoms with Gasteiger partial charge in [0.1, 0.15) is 0 Å². The molecular formula is C25H30N4O2. The summed E-state index contributed by atoms with van der Waals surface area (Å²) in [6.07, 6.45) is 5.36. The Labute approximate surface area is 183 Å². The molecule has 1 unspecified atom stereocenters. The van der Waals surface area contributed by atoms with Crippen LogP contribution in [0.15, 0.2) is 61.1 Å². The second kappa shape index (κ2) is 9.98. The van der Waals surface area contributed by atoms with E-state index >= 15 is 0 Å². The lowest BCUT2D eigenvalue weighted by atomic mass is 10.1. The van der Waals surface area contributed by atoms with Crippen LogP contribution in [0.3, 0.4) is 0 Å². The van der Waals surface area contributed by atoms with E-state index in [1.807, 2.05) is 41.4 Å². The van der Waals surface area contributed by atoms with Gasteiger partial charge in [0.05, 0.1) is 24.8 Å². The summed E-state index contributed by atoms with van der Waals surface area (Å²) in [6.45, 7) is 7.98. The van der Waals surface area contributed by atoms with E-state index in [-0.39, 0.29) is 12.0 Å². The van der Waals surface area contributed by atoms with Crippen LogP contribution in [-0.4, -0.2) is 58.0 Å². The first-order valence-electron chi connectivity index (χ1n) is 10.9. The van der Waals surface area contributed by atoms with E-state index in [9.17, 15) is 4.79 Å². The molecule has 162 valence electrons. The molecule has 1 aromatic carbocycles. The highest BCUT2D eigenvalue weighted by atomic mass is 16.5. The predicted molar refractivity (Wildman–Crippen MR) is 121 cm³/mol. The van der Waals surface area contributed by atoms with Crippen molar-refractivity contribution in [1.82, 2.24) is 19.8 Å². The highest BCUT2D eigenvalue weighted by Crippen LogP contribution is 2.20. The van der Waals surface area contributed by atoms with Crippen molar-refractivity contribution >= 4 is 16.8 Å². The van der Waals surface area contributed by atoms with Gasteiger partial charge in [0, 0.05) is 50.2 Å². The largest absolute Gasteiger partial charge is 0.370 e. The molecular weight excluding hydrogens is 388 g/mol. The molecule has 1 saturated heterocycles. The van der Waals surface area contributed by atoms with Crippen LogP contribution < -0.4 is 0 Å². The van der Waals surface area contributed by atoms with E-state index < -0.39 is 0 Å². The smallest absolute Gasteiger partial charge is 0.236 e. The summed E-state index contributed by atoms with van der Waals surface area (Å²) >= 11 is 0. The average molecular weight is 419 g/mol. The average Bonchev–Trinajstić information content (AvgIpc) is 2.91. The maximum absolute atomic E-state index is 13.0. The molecule has 31 heavy (non-hydrogen) atoms. The zero-order valence-corrected chi connectivity index (χ0v) is 18.3. The molecule has 3 aromatic rings. The van der Waals surface area contributed by atoms with Gasteiger partial charge in [0.2, 0.25) is 5.91 Å². The summed E-state index contributed by atoms with van der Waals surface area (Å²) in [5.41, 5.74) is 3.25. The van der Waals surface area contributed by atoms with Crippen LogP contribution in [0.1, 0.15) is 25.0 Å². The fourth-order valence-corrected chi connectivity index (χ4v) is 4.12. The van der Waals surface area contributed by atoms with Crippen LogP contribution in [0.25, 0.3) is 10.9 Å². The van der Waals surface area contributed by atoms with Crippen molar-refractivity contribution in [3.63, 3.8) is 0 Å². The first-order chi connectivity index (χ1) is 15.1. The summed E-state index contributed by atoms with van der Waals surface area (Å²) in [5.74, 6) is 0.586. The topological polar surface area (TPSA) is 58.6 Å². The number of hydrogen-bond donors (Lipinski definition) is 0. The predicted octanol–water partition coefficient (Wildman–Crippen LogP) is 3.52. The lowest BCUT2D eigenvalue weighted by Gasteiger charge is -2.26. The number of pyridine rings is 2. The van der Waals surface area contributed by atoms with Gasteiger partial charge < -0.3 is 9.64 Å². The quantitative estimate of drug-likeness (QED) is 0.588. The molecule has 0 N–H and O–H groups in total. The monoisotopic (exact) mass is 418 g/mol. The SMILES string of the molecule is CC(C)CN1CC(OCc2ccncc2)CN(Cc2ccnc3ccccc23)CC1=O. The van der Waals surface area contributed by atoms with Crippen molar-refractivity contribution in [2.24, 2.45) is 5.92 Å². The molecule has 6 heteroatoms. The van der Waals surface area contributed by atoms with Crippen molar-refractivity contribution in [3.8, 4) is 0 Å². The third-order valence-electron chi connectivity index (χ3n) is 5.55. The Balaban J connectivity index is 1.52. The second-order valence-corrected chi connectivity index (χ2v) is 8.64. The van der Waals surface area contributed by atoms with E-state index in [2.05, 4.69) is 40.8 Å². The summed E-state index contributed by atoms with van der Waals surface area (Å²) in [7, 11) is 0. The maximum Gasteiger partial charge on any atom is 0.236 e. The molecule has 6 nitrogen and oxygen atoms in total. The first kappa shape index (κ1) is 21.4. The van der Waals surface area contributed by atoms with Crippen molar-refractivity contribution in [2.45, 2.75) is 33.1 Å². The van der Waals surface area contributed by atoms with Gasteiger partial charge in [0.15, 0.2) is 0 Å². The van der Waals surface area contributed by atoms with E-state index in [1.54, 1.807) is 12.4 Å². The zero-order valence-electron chi connectivity index (χ0n) is 18.3. The Morgan fingerprint density at radius 3 is 2.68 bits per heavy atom. The highest BCUT2D eigenvalue weighted by Gasteiger charge is 2.29. The Morgan fingerprint density at radius 1 is 1.06 bits per heavy atom. The van der Waals surface area contributed by atoms with Gasteiger partial charge >= 0.3 is 0 Å². The molecule has 0 aliphatic carbocycles. The summed E-state index contributed by atoms with van der Waals surface area (Å²) in [5, 5.41) is 1.13. The molecule has 1 amide bonds. The number of rotatable bonds is 7. The lowest BCUT2D eigenvalue weighted by molar-refractivity contribution is -0.132. The van der Waals surface area contributed by atoms with E-state index in [0.29, 0.717) is 38.7 Å². The van der Waals surface area contributed by atoms with E-state index in [0.717, 1.165) is 23.0 Å². The Morgan fingerprint density at radius 2 is 1.87 bits per heavy atom. The van der Waals surface area contributed by atoms with Gasteiger partial charge in [-0.2, -0.15) is 0 Å². The molecule has 1 fully saturated rings. The summed E-state index contributed by atoms with van der Waals surface area (Å²) in [4.78, 5) is 25.8. The molecule has 0 saturated carbocycles. The normalized spacial score (nSPS) is 18.0. The number of benzene rings is 1. The van der Waals surface area contributed by atoms with Gasteiger partial charge in [-0.1, -0.05) is 32.0 Å². The van der Waals surface area contributed by atoms with Gasteiger partial charge in [-0.25, -0.2) is 0 Å². The van der Waals surface area contributed by atoms with Gasteiger partial charge in [-0.05, 0) is 41.3 Å². The van der Waals surface area contributed by atoms with Crippen molar-refractivity contribution in [3.05, 3.63) is 72.2 Å². The number of aromatic nitrogens is 2. The maximum atomic E-state index is 13.0. The number of carbonyl (C=O) groups is 1. The fraction of sp³-hybridized carbons (Fsp3) is 0.400. The minimum absolute atomic E-state index is 0.0496. The molecule has 2 aromatic heterocycles. The molecule has 4 rings (SSSR count). The van der Waals surface area contributed by atoms with Crippen LogP contribution in [0.4, 0.5) is 0 Å². The molecule has 1 aliphatic heterocycles. The third kappa shape index (κ3) is 5.66. The minimum Gasteiger partial charge on any atom is -0.370 e. The van der Waals surface area contributed by atoms with Crippen LogP contribution in [-0.2, 0) is 22.7 Å². The number of carbonyl (C=O) groups excluding carboxylic acids is 1. The number of amides is 1. The highest BCUT2D eigenvalue weighted by molar-refractivity contribution is 5.82. The summed E-state index contributed by atoms with van der Waals surface area (Å²) in [6, 6.07) is 14.1. The second-order valence-electron chi connectivity index (χ2n) is 8.64. The molecule has 3 heterocycles. The molecule has 0 radical (unpaired) electrons. The summed E-state index contributed by atoms with van der Waals surface area (Å²) < 4.78 is 6.29. The number of para-hydroxylation sites is 1. The van der Waals surface area contributed by atoms with E-state index in [4.69, 9.17) is 4.74 Å². The van der Waals surface area contributed by atoms with Gasteiger partial charge in [-0.3, -0.25) is 19.7 Å². The molecule has 0 bridgehead atoms. The number of nitrogens with zero attached hydrogens (tertiary/aromatic N) is 4. The van der Waals surface area contributed by atoms with Crippen LogP contribution in [0.5, 0.6) is 0 Å². The fourth-order valence-electron chi connectivity index (χ4n) is 4.12. The van der Waals surface area contributed by atoms with E-state index in [1.165, 1.54) is 5.56 Å². The third-order valence-corrected chi connectivity index (χ3v) is 5.55. The van der Waals surface area contributed by atoms with Crippen LogP contribution in [0.2, 0.25) is 0 Å². The number of ether oxygens (including phenoxy) is 1. The lowest BCUT2D eigenvalue weighted by Crippen LogP contribution is -2.40. The molecule has 0 spiro atoms. The molecule has 1 aliphatic rings. The first-order valence-corrected chi connectivity index (χ1v) is 10.9. The zero-order chi connectivity index (χ0) is 21.6. The van der Waals surface area contributed by atoms with Gasteiger partial charge in [-0.15, -0.1) is 0 Å². The van der Waals surface area contributed by atoms with Crippen molar-refractivity contribution in [2.75, 3.05) is 26.2 Å². The molecule has 1 atom stereocenters. The Kier molecular flexibility index (Phi) is 6.89. The standard InChI is InChI=1S/C25H30N4O2/c1-19(2)13-29-16-22(31-18-20-7-10-26-11-8-20)15-28(17-25(29)30)14-21-9-12-27-24-6-4-3-5-23(21)24/h3-12,19,22H,13-18H2,1-2H3. The van der Waals surface area contributed by atoms with Crippen molar-refractivity contribution < 1.29 is 9.53 Å². The Hall–Kier alpha value is -2.83. The minimum atomic E-state index is -0.0496. The number of hydrogen-bond acceptors (Lipinski definition) is 5. The van der Waals surface area contributed by atoms with Crippen LogP contribution >= 0.6 is 0 Å². The van der Waals surface area contributed by atoms with Gasteiger partial charge in [0.25, 0.3) is 0 Å². The number of fused-ring (bicyclic) bond motifs is 1.